The van der Waals surface area contributed by atoms with Crippen molar-refractivity contribution in [1.29, 1.82) is 0 Å². The van der Waals surface area contributed by atoms with E-state index in [4.69, 9.17) is 9.47 Å². The van der Waals surface area contributed by atoms with Crippen molar-refractivity contribution in [3.8, 4) is 11.5 Å². The lowest BCUT2D eigenvalue weighted by molar-refractivity contribution is 0.0469. The van der Waals surface area contributed by atoms with Gasteiger partial charge in [-0.2, -0.15) is 0 Å². The number of aliphatic hydroxyl groups is 2. The van der Waals surface area contributed by atoms with E-state index in [1.807, 2.05) is 24.3 Å². The van der Waals surface area contributed by atoms with Crippen molar-refractivity contribution in [2.75, 3.05) is 34.1 Å². The van der Waals surface area contributed by atoms with Gasteiger partial charge in [0.1, 0.15) is 11.5 Å². The smallest absolute Gasteiger partial charge is 0.118 e. The van der Waals surface area contributed by atoms with Gasteiger partial charge in [0.2, 0.25) is 0 Å². The van der Waals surface area contributed by atoms with Crippen LogP contribution in [0.15, 0.2) is 48.5 Å². The maximum absolute atomic E-state index is 10.4. The summed E-state index contributed by atoms with van der Waals surface area (Å²) in [6.07, 6.45) is 0. The first-order valence-electron chi connectivity index (χ1n) is 11.9. The second kappa shape index (κ2) is 11.3. The molecule has 0 unspecified atom stereocenters. The number of hydrogen-bond acceptors (Lipinski definition) is 6. The molecule has 0 bridgehead atoms. The number of nitrogens with zero attached hydrogens (tertiary/aromatic N) is 2. The highest BCUT2D eigenvalue weighted by atomic mass is 16.5. The van der Waals surface area contributed by atoms with Crippen LogP contribution in [0.3, 0.4) is 0 Å². The van der Waals surface area contributed by atoms with Crippen molar-refractivity contribution in [2.24, 2.45) is 11.8 Å². The zero-order chi connectivity index (χ0) is 24.1. The molecule has 2 aromatic rings. The van der Waals surface area contributed by atoms with Crippen molar-refractivity contribution < 1.29 is 19.7 Å². The molecule has 3 rings (SSSR count). The SMILES string of the molecule is COc1ccc([C@@H]2[C@@H](c3ccc(OC)cc3)N([C@H](CO)C(C)C)CN2[C@H](CO)C(C)C)cc1. The minimum absolute atomic E-state index is 0.00523. The van der Waals surface area contributed by atoms with Crippen LogP contribution in [0.4, 0.5) is 0 Å². The molecular formula is C27H40N2O4. The average molecular weight is 457 g/mol. The van der Waals surface area contributed by atoms with E-state index in [1.54, 1.807) is 14.2 Å². The quantitative estimate of drug-likeness (QED) is 0.561. The van der Waals surface area contributed by atoms with Gasteiger partial charge in [0.05, 0.1) is 46.2 Å². The Kier molecular flexibility index (Phi) is 8.76. The van der Waals surface area contributed by atoms with Gasteiger partial charge in [-0.05, 0) is 47.2 Å². The first-order chi connectivity index (χ1) is 15.9. The fraction of sp³-hybridized carbons (Fsp3) is 0.556. The summed E-state index contributed by atoms with van der Waals surface area (Å²) in [7, 11) is 3.35. The van der Waals surface area contributed by atoms with Gasteiger partial charge >= 0.3 is 0 Å². The third kappa shape index (κ3) is 5.35. The molecule has 0 aromatic heterocycles. The maximum atomic E-state index is 10.4. The van der Waals surface area contributed by atoms with Crippen LogP contribution < -0.4 is 9.47 Å². The number of benzene rings is 2. The highest BCUT2D eigenvalue weighted by molar-refractivity contribution is 5.36. The summed E-state index contributed by atoms with van der Waals surface area (Å²) in [4.78, 5) is 4.82. The standard InChI is InChI=1S/C27H40N2O4/c1-18(2)24(15-30)28-17-29(25(16-31)19(3)4)27(21-9-13-23(33-6)14-10-21)26(28)20-7-11-22(32-5)12-8-20/h7-14,18-19,24-27,30-31H,15-17H2,1-6H3/t24-,25-,26-,27-/m1/s1. The van der Waals surface area contributed by atoms with Crippen molar-refractivity contribution >= 4 is 0 Å². The largest absolute Gasteiger partial charge is 0.497 e. The Labute approximate surface area is 198 Å². The van der Waals surface area contributed by atoms with E-state index < -0.39 is 0 Å². The fourth-order valence-electron chi connectivity index (χ4n) is 5.10. The summed E-state index contributed by atoms with van der Waals surface area (Å²) in [5, 5.41) is 20.7. The number of ether oxygens (including phenoxy) is 2. The number of aliphatic hydroxyl groups excluding tert-OH is 2. The molecule has 4 atom stereocenters. The highest BCUT2D eigenvalue weighted by Crippen LogP contribution is 2.47. The van der Waals surface area contributed by atoms with E-state index >= 15 is 0 Å². The second-order valence-corrected chi connectivity index (χ2v) is 9.59. The molecule has 2 N–H and O–H groups in total. The third-order valence-electron chi connectivity index (χ3n) is 7.02. The van der Waals surface area contributed by atoms with E-state index in [0.29, 0.717) is 6.67 Å². The zero-order valence-corrected chi connectivity index (χ0v) is 20.8. The summed E-state index contributed by atoms with van der Waals surface area (Å²) in [5.41, 5.74) is 2.33. The van der Waals surface area contributed by atoms with Crippen LogP contribution in [0, 0.1) is 11.8 Å². The first kappa shape index (κ1) is 25.5. The average Bonchev–Trinajstić information content (AvgIpc) is 3.19. The molecule has 0 spiro atoms. The normalized spacial score (nSPS) is 21.5. The molecule has 0 aliphatic carbocycles. The van der Waals surface area contributed by atoms with Crippen LogP contribution in [0.5, 0.6) is 11.5 Å². The second-order valence-electron chi connectivity index (χ2n) is 9.59. The lowest BCUT2D eigenvalue weighted by atomic mass is 9.89. The molecule has 2 aromatic carbocycles. The van der Waals surface area contributed by atoms with Gasteiger partial charge in [-0.15, -0.1) is 0 Å². The van der Waals surface area contributed by atoms with Crippen LogP contribution in [0.25, 0.3) is 0 Å². The van der Waals surface area contributed by atoms with Gasteiger partial charge < -0.3 is 19.7 Å². The Morgan fingerprint density at radius 2 is 1.03 bits per heavy atom. The number of hydrogen-bond donors (Lipinski definition) is 2. The zero-order valence-electron chi connectivity index (χ0n) is 20.8. The van der Waals surface area contributed by atoms with Crippen LogP contribution in [0.1, 0.15) is 50.9 Å². The topological polar surface area (TPSA) is 65.4 Å². The molecule has 0 radical (unpaired) electrons. The molecule has 182 valence electrons. The van der Waals surface area contributed by atoms with Gasteiger partial charge in [-0.1, -0.05) is 52.0 Å². The fourth-order valence-corrected chi connectivity index (χ4v) is 5.10. The molecule has 1 saturated heterocycles. The highest BCUT2D eigenvalue weighted by Gasteiger charge is 2.47. The summed E-state index contributed by atoms with van der Waals surface area (Å²) in [6, 6.07) is 16.5. The monoisotopic (exact) mass is 456 g/mol. The van der Waals surface area contributed by atoms with Crippen molar-refractivity contribution in [3.05, 3.63) is 59.7 Å². The van der Waals surface area contributed by atoms with Gasteiger partial charge in [0, 0.05) is 12.1 Å². The van der Waals surface area contributed by atoms with E-state index in [0.717, 1.165) is 11.5 Å². The number of methoxy groups -OCH3 is 2. The van der Waals surface area contributed by atoms with Crippen LogP contribution in [-0.4, -0.2) is 66.2 Å². The van der Waals surface area contributed by atoms with Crippen molar-refractivity contribution in [1.82, 2.24) is 9.80 Å². The third-order valence-corrected chi connectivity index (χ3v) is 7.02. The Morgan fingerprint density at radius 1 is 0.697 bits per heavy atom. The van der Waals surface area contributed by atoms with E-state index in [2.05, 4.69) is 61.8 Å². The Bertz CT molecular complexity index is 782. The van der Waals surface area contributed by atoms with E-state index in [9.17, 15) is 10.2 Å². The van der Waals surface area contributed by atoms with Gasteiger partial charge in [0.25, 0.3) is 0 Å². The molecule has 1 fully saturated rings. The predicted molar refractivity (Wildman–Crippen MR) is 131 cm³/mol. The maximum Gasteiger partial charge on any atom is 0.118 e. The minimum atomic E-state index is -0.00523. The molecule has 0 saturated carbocycles. The Balaban J connectivity index is 2.17. The first-order valence-corrected chi connectivity index (χ1v) is 11.9. The lowest BCUT2D eigenvalue weighted by Gasteiger charge is -2.36. The number of rotatable bonds is 10. The molecule has 1 aliphatic rings. The molecule has 1 aliphatic heterocycles. The van der Waals surface area contributed by atoms with Gasteiger partial charge in [-0.3, -0.25) is 9.80 Å². The Hall–Kier alpha value is -2.12. The van der Waals surface area contributed by atoms with Crippen LogP contribution in [0.2, 0.25) is 0 Å². The molecule has 6 heteroatoms. The van der Waals surface area contributed by atoms with Crippen molar-refractivity contribution in [3.63, 3.8) is 0 Å². The molecular weight excluding hydrogens is 416 g/mol. The van der Waals surface area contributed by atoms with E-state index in [-0.39, 0.29) is 49.2 Å². The van der Waals surface area contributed by atoms with Gasteiger partial charge in [-0.25, -0.2) is 0 Å². The minimum Gasteiger partial charge on any atom is -0.497 e. The van der Waals surface area contributed by atoms with E-state index in [1.165, 1.54) is 11.1 Å². The molecule has 1 heterocycles. The summed E-state index contributed by atoms with van der Waals surface area (Å²) in [6.45, 7) is 9.45. The van der Waals surface area contributed by atoms with Crippen molar-refractivity contribution in [2.45, 2.75) is 51.9 Å². The summed E-state index contributed by atoms with van der Waals surface area (Å²) in [5.74, 6) is 2.19. The lowest BCUT2D eigenvalue weighted by Crippen LogP contribution is -2.45. The summed E-state index contributed by atoms with van der Waals surface area (Å²) >= 11 is 0. The summed E-state index contributed by atoms with van der Waals surface area (Å²) < 4.78 is 10.8. The van der Waals surface area contributed by atoms with Gasteiger partial charge in [0.15, 0.2) is 0 Å². The molecule has 33 heavy (non-hydrogen) atoms. The van der Waals surface area contributed by atoms with Crippen LogP contribution in [-0.2, 0) is 0 Å². The molecule has 6 nitrogen and oxygen atoms in total. The van der Waals surface area contributed by atoms with Crippen LogP contribution >= 0.6 is 0 Å². The predicted octanol–water partition coefficient (Wildman–Crippen LogP) is 4.10. The molecule has 0 amide bonds. The Morgan fingerprint density at radius 3 is 1.27 bits per heavy atom.